The van der Waals surface area contributed by atoms with Crippen molar-refractivity contribution in [3.63, 3.8) is 0 Å². The van der Waals surface area contributed by atoms with Gasteiger partial charge in [0.15, 0.2) is 16.6 Å². The van der Waals surface area contributed by atoms with Crippen LogP contribution in [-0.2, 0) is 4.79 Å². The van der Waals surface area contributed by atoms with Crippen LogP contribution in [0.5, 0.6) is 17.2 Å². The number of benzene rings is 3. The Balaban J connectivity index is 1.81. The van der Waals surface area contributed by atoms with Crippen molar-refractivity contribution < 1.29 is 19.4 Å². The summed E-state index contributed by atoms with van der Waals surface area (Å²) in [5.41, 5.74) is 3.39. The lowest BCUT2D eigenvalue weighted by Crippen LogP contribution is -2.48. The van der Waals surface area contributed by atoms with Crippen molar-refractivity contribution in [1.82, 2.24) is 5.32 Å². The van der Waals surface area contributed by atoms with Crippen LogP contribution in [0.3, 0.4) is 0 Å². The molecule has 1 aliphatic heterocycles. The molecule has 1 aliphatic rings. The number of hydrogen-bond donors (Lipinski definition) is 3. The molecule has 3 aromatic carbocycles. The molecule has 180 valence electrons. The number of carbonyl (C=O) groups is 1. The van der Waals surface area contributed by atoms with E-state index in [1.165, 1.54) is 0 Å². The zero-order valence-electron chi connectivity index (χ0n) is 19.7. The molecular formula is C27H27N3O4S. The second-order valence-corrected chi connectivity index (χ2v) is 8.28. The molecule has 7 nitrogen and oxygen atoms in total. The summed E-state index contributed by atoms with van der Waals surface area (Å²) in [5.74, 6) is 0.831. The van der Waals surface area contributed by atoms with Crippen LogP contribution in [0.1, 0.15) is 25.5 Å². The molecule has 0 bridgehead atoms. The van der Waals surface area contributed by atoms with E-state index in [0.717, 1.165) is 17.0 Å². The van der Waals surface area contributed by atoms with Gasteiger partial charge < -0.3 is 25.2 Å². The lowest BCUT2D eigenvalue weighted by molar-refractivity contribution is -0.113. The fourth-order valence-corrected chi connectivity index (χ4v) is 4.39. The average molecular weight is 490 g/mol. The SMILES string of the molecule is CCOc1cc(C2NC(=S)N(c3ccc(OC)cc3)C(C)=C2C(=O)Nc2ccccc2)ccc1O. The summed E-state index contributed by atoms with van der Waals surface area (Å²) < 4.78 is 10.9. The third kappa shape index (κ3) is 5.07. The largest absolute Gasteiger partial charge is 0.504 e. The van der Waals surface area contributed by atoms with Crippen molar-refractivity contribution in [2.75, 3.05) is 23.9 Å². The van der Waals surface area contributed by atoms with Gasteiger partial charge in [0.25, 0.3) is 5.91 Å². The Hall–Kier alpha value is -4.04. The molecule has 0 spiro atoms. The molecule has 3 aromatic rings. The molecule has 1 heterocycles. The molecule has 3 N–H and O–H groups in total. The number of hydrogen-bond acceptors (Lipinski definition) is 5. The summed E-state index contributed by atoms with van der Waals surface area (Å²) in [4.78, 5) is 15.5. The van der Waals surface area contributed by atoms with Crippen molar-refractivity contribution in [3.05, 3.63) is 89.6 Å². The fraction of sp³-hybridized carbons (Fsp3) is 0.185. The number of carbonyl (C=O) groups excluding carboxylic acids is 1. The highest BCUT2D eigenvalue weighted by molar-refractivity contribution is 7.80. The van der Waals surface area contributed by atoms with Crippen molar-refractivity contribution in [3.8, 4) is 17.2 Å². The maximum absolute atomic E-state index is 13.6. The predicted molar refractivity (Wildman–Crippen MR) is 141 cm³/mol. The van der Waals surface area contributed by atoms with Gasteiger partial charge in [0.05, 0.1) is 25.3 Å². The summed E-state index contributed by atoms with van der Waals surface area (Å²) in [5, 5.41) is 16.9. The smallest absolute Gasteiger partial charge is 0.255 e. The van der Waals surface area contributed by atoms with Gasteiger partial charge in [-0.1, -0.05) is 24.3 Å². The molecule has 1 atom stereocenters. The first-order valence-electron chi connectivity index (χ1n) is 11.2. The van der Waals surface area contributed by atoms with E-state index in [9.17, 15) is 9.90 Å². The standard InChI is InChI=1S/C27H27N3O4S/c1-4-34-23-16-18(10-15-22(23)31)25-24(26(32)28-19-8-6-5-7-9-19)17(2)30(27(35)29-25)20-11-13-21(33-3)14-12-20/h5-16,25,31H,4H2,1-3H3,(H,28,32)(H,29,35). The lowest BCUT2D eigenvalue weighted by Gasteiger charge is -2.38. The maximum Gasteiger partial charge on any atom is 0.255 e. The highest BCUT2D eigenvalue weighted by Gasteiger charge is 2.35. The van der Waals surface area contributed by atoms with Crippen LogP contribution in [0.2, 0.25) is 0 Å². The Labute approximate surface area is 210 Å². The van der Waals surface area contributed by atoms with Crippen LogP contribution in [0, 0.1) is 0 Å². The summed E-state index contributed by atoms with van der Waals surface area (Å²) in [6.45, 7) is 4.11. The van der Waals surface area contributed by atoms with Crippen LogP contribution in [0.4, 0.5) is 11.4 Å². The van der Waals surface area contributed by atoms with E-state index in [4.69, 9.17) is 21.7 Å². The summed E-state index contributed by atoms with van der Waals surface area (Å²) in [7, 11) is 1.61. The van der Waals surface area contributed by atoms with E-state index in [-0.39, 0.29) is 11.7 Å². The van der Waals surface area contributed by atoms with E-state index >= 15 is 0 Å². The second kappa shape index (κ2) is 10.5. The average Bonchev–Trinajstić information content (AvgIpc) is 2.86. The van der Waals surface area contributed by atoms with Gasteiger partial charge in [0.1, 0.15) is 5.75 Å². The zero-order chi connectivity index (χ0) is 24.9. The number of para-hydroxylation sites is 1. The van der Waals surface area contributed by atoms with Gasteiger partial charge in [-0.15, -0.1) is 0 Å². The number of phenols is 1. The number of phenolic OH excluding ortho intramolecular Hbond substituents is 1. The molecule has 1 unspecified atom stereocenters. The highest BCUT2D eigenvalue weighted by Crippen LogP contribution is 2.37. The van der Waals surface area contributed by atoms with E-state index in [0.29, 0.717) is 34.4 Å². The number of anilines is 2. The topological polar surface area (TPSA) is 83.1 Å². The first kappa shape index (κ1) is 24.1. The van der Waals surface area contributed by atoms with Crippen LogP contribution in [-0.4, -0.2) is 29.8 Å². The van der Waals surface area contributed by atoms with E-state index in [1.54, 1.807) is 25.3 Å². The molecule has 0 radical (unpaired) electrons. The normalized spacial score (nSPS) is 15.5. The molecular weight excluding hydrogens is 462 g/mol. The molecule has 4 rings (SSSR count). The van der Waals surface area contributed by atoms with Gasteiger partial charge in [-0.25, -0.2) is 0 Å². The van der Waals surface area contributed by atoms with E-state index in [1.807, 2.05) is 73.3 Å². The summed E-state index contributed by atoms with van der Waals surface area (Å²) >= 11 is 5.74. The summed E-state index contributed by atoms with van der Waals surface area (Å²) in [6.07, 6.45) is 0. The first-order valence-corrected chi connectivity index (χ1v) is 11.6. The van der Waals surface area contributed by atoms with Gasteiger partial charge in [-0.2, -0.15) is 0 Å². The quantitative estimate of drug-likeness (QED) is 0.396. The van der Waals surface area contributed by atoms with E-state index in [2.05, 4.69) is 10.6 Å². The Bertz CT molecular complexity index is 1260. The second-order valence-electron chi connectivity index (χ2n) is 7.90. The number of nitrogens with zero attached hydrogens (tertiary/aromatic N) is 1. The molecule has 8 heteroatoms. The van der Waals surface area contributed by atoms with Gasteiger partial charge in [0.2, 0.25) is 0 Å². The Kier molecular flexibility index (Phi) is 7.22. The minimum absolute atomic E-state index is 0.0323. The highest BCUT2D eigenvalue weighted by atomic mass is 32.1. The van der Waals surface area contributed by atoms with Gasteiger partial charge in [-0.3, -0.25) is 9.69 Å². The van der Waals surface area contributed by atoms with Crippen LogP contribution in [0.15, 0.2) is 84.1 Å². The number of methoxy groups -OCH3 is 1. The minimum atomic E-state index is -0.555. The molecule has 0 aliphatic carbocycles. The van der Waals surface area contributed by atoms with Crippen molar-refractivity contribution in [2.45, 2.75) is 19.9 Å². The van der Waals surface area contributed by atoms with Gasteiger partial charge >= 0.3 is 0 Å². The lowest BCUT2D eigenvalue weighted by atomic mass is 9.93. The minimum Gasteiger partial charge on any atom is -0.504 e. The molecule has 0 aromatic heterocycles. The number of amides is 1. The number of allylic oxidation sites excluding steroid dienone is 1. The monoisotopic (exact) mass is 489 g/mol. The number of rotatable bonds is 7. The first-order chi connectivity index (χ1) is 16.9. The van der Waals surface area contributed by atoms with Gasteiger partial charge in [-0.05, 0) is 80.2 Å². The molecule has 0 saturated carbocycles. The third-order valence-electron chi connectivity index (χ3n) is 5.71. The molecule has 0 fully saturated rings. The zero-order valence-corrected chi connectivity index (χ0v) is 20.6. The number of ether oxygens (including phenoxy) is 2. The van der Waals surface area contributed by atoms with Crippen molar-refractivity contribution >= 4 is 34.6 Å². The maximum atomic E-state index is 13.6. The Morgan fingerprint density at radius 1 is 1.11 bits per heavy atom. The number of aromatic hydroxyl groups is 1. The third-order valence-corrected chi connectivity index (χ3v) is 6.01. The van der Waals surface area contributed by atoms with Gasteiger partial charge in [0, 0.05) is 17.1 Å². The van der Waals surface area contributed by atoms with Crippen LogP contribution < -0.4 is 25.0 Å². The Morgan fingerprint density at radius 3 is 2.49 bits per heavy atom. The van der Waals surface area contributed by atoms with E-state index < -0.39 is 6.04 Å². The Morgan fingerprint density at radius 2 is 1.83 bits per heavy atom. The number of thiocarbonyl (C=S) groups is 1. The van der Waals surface area contributed by atoms with Crippen LogP contribution >= 0.6 is 12.2 Å². The molecule has 1 amide bonds. The van der Waals surface area contributed by atoms with Crippen molar-refractivity contribution in [2.24, 2.45) is 0 Å². The predicted octanol–water partition coefficient (Wildman–Crippen LogP) is 5.15. The molecule has 35 heavy (non-hydrogen) atoms. The summed E-state index contributed by atoms with van der Waals surface area (Å²) in [6, 6.07) is 21.2. The number of nitrogens with one attached hydrogen (secondary N) is 2. The van der Waals surface area contributed by atoms with Crippen molar-refractivity contribution in [1.29, 1.82) is 0 Å². The van der Waals surface area contributed by atoms with Crippen LogP contribution in [0.25, 0.3) is 0 Å². The molecule has 0 saturated heterocycles. The fourth-order valence-electron chi connectivity index (χ4n) is 4.03.